The molecule has 1 N–H and O–H groups in total. The SMILES string of the molecule is C=C(C)COCCNCCCOC. The van der Waals surface area contributed by atoms with Crippen LogP contribution in [-0.4, -0.2) is 40.0 Å². The fourth-order valence-electron chi connectivity index (χ4n) is 0.857. The van der Waals surface area contributed by atoms with Crippen molar-refractivity contribution >= 4 is 0 Å². The Hall–Kier alpha value is -0.380. The van der Waals surface area contributed by atoms with Crippen LogP contribution in [0.3, 0.4) is 0 Å². The lowest BCUT2D eigenvalue weighted by molar-refractivity contribution is 0.155. The smallest absolute Gasteiger partial charge is 0.0672 e. The van der Waals surface area contributed by atoms with Crippen molar-refractivity contribution in [3.8, 4) is 0 Å². The molecule has 0 bridgehead atoms. The predicted octanol–water partition coefficient (Wildman–Crippen LogP) is 1.21. The zero-order chi connectivity index (χ0) is 9.94. The van der Waals surface area contributed by atoms with Crippen molar-refractivity contribution < 1.29 is 9.47 Å². The molecule has 0 aliphatic heterocycles. The molecule has 0 amide bonds. The number of nitrogens with one attached hydrogen (secondary N) is 1. The summed E-state index contributed by atoms with van der Waals surface area (Å²) in [6.45, 7) is 9.84. The molecule has 0 saturated carbocycles. The summed E-state index contributed by atoms with van der Waals surface area (Å²) in [5.41, 5.74) is 1.07. The molecule has 0 radical (unpaired) electrons. The average molecular weight is 187 g/mol. The second-order valence-corrected chi connectivity index (χ2v) is 3.11. The van der Waals surface area contributed by atoms with E-state index in [1.807, 2.05) is 6.92 Å². The number of methoxy groups -OCH3 is 1. The molecular formula is C10H21NO2. The topological polar surface area (TPSA) is 30.5 Å². The first-order chi connectivity index (χ1) is 6.27. The number of hydrogen-bond acceptors (Lipinski definition) is 3. The Labute approximate surface area is 81.1 Å². The molecule has 0 rings (SSSR count). The maximum Gasteiger partial charge on any atom is 0.0672 e. The van der Waals surface area contributed by atoms with E-state index >= 15 is 0 Å². The van der Waals surface area contributed by atoms with E-state index in [4.69, 9.17) is 9.47 Å². The van der Waals surface area contributed by atoms with Gasteiger partial charge in [-0.3, -0.25) is 0 Å². The van der Waals surface area contributed by atoms with Crippen LogP contribution in [0.25, 0.3) is 0 Å². The number of hydrogen-bond donors (Lipinski definition) is 1. The second-order valence-electron chi connectivity index (χ2n) is 3.11. The van der Waals surface area contributed by atoms with Crippen LogP contribution in [0.5, 0.6) is 0 Å². The summed E-state index contributed by atoms with van der Waals surface area (Å²) in [6.07, 6.45) is 1.05. The lowest BCUT2D eigenvalue weighted by Crippen LogP contribution is -2.22. The van der Waals surface area contributed by atoms with E-state index < -0.39 is 0 Å². The molecule has 78 valence electrons. The first-order valence-corrected chi connectivity index (χ1v) is 4.69. The fourth-order valence-corrected chi connectivity index (χ4v) is 0.857. The van der Waals surface area contributed by atoms with Crippen molar-refractivity contribution in [2.75, 3.05) is 40.0 Å². The van der Waals surface area contributed by atoms with Gasteiger partial charge in [0.15, 0.2) is 0 Å². The largest absolute Gasteiger partial charge is 0.385 e. The zero-order valence-corrected chi connectivity index (χ0v) is 8.77. The van der Waals surface area contributed by atoms with Crippen molar-refractivity contribution in [2.45, 2.75) is 13.3 Å². The van der Waals surface area contributed by atoms with Crippen LogP contribution < -0.4 is 5.32 Å². The Balaban J connectivity index is 2.87. The van der Waals surface area contributed by atoms with E-state index in [9.17, 15) is 0 Å². The molecule has 0 aromatic carbocycles. The molecule has 0 unspecified atom stereocenters. The van der Waals surface area contributed by atoms with Gasteiger partial charge in [0.05, 0.1) is 13.2 Å². The molecule has 3 nitrogen and oxygen atoms in total. The summed E-state index contributed by atoms with van der Waals surface area (Å²) in [7, 11) is 1.72. The van der Waals surface area contributed by atoms with Gasteiger partial charge in [-0.2, -0.15) is 0 Å². The second kappa shape index (κ2) is 9.71. The summed E-state index contributed by atoms with van der Waals surface area (Å²) in [5.74, 6) is 0. The summed E-state index contributed by atoms with van der Waals surface area (Å²) in [4.78, 5) is 0. The summed E-state index contributed by atoms with van der Waals surface area (Å²) in [6, 6.07) is 0. The van der Waals surface area contributed by atoms with Crippen LogP contribution in [0.4, 0.5) is 0 Å². The first kappa shape index (κ1) is 12.6. The minimum atomic E-state index is 0.666. The molecular weight excluding hydrogens is 166 g/mol. The van der Waals surface area contributed by atoms with Crippen molar-refractivity contribution in [3.63, 3.8) is 0 Å². The van der Waals surface area contributed by atoms with E-state index in [-0.39, 0.29) is 0 Å². The molecule has 0 heterocycles. The van der Waals surface area contributed by atoms with Crippen LogP contribution in [0.15, 0.2) is 12.2 Å². The first-order valence-electron chi connectivity index (χ1n) is 4.69. The summed E-state index contributed by atoms with van der Waals surface area (Å²) in [5, 5.41) is 3.26. The van der Waals surface area contributed by atoms with Crippen LogP contribution in [-0.2, 0) is 9.47 Å². The van der Waals surface area contributed by atoms with E-state index in [1.54, 1.807) is 7.11 Å². The Morgan fingerprint density at radius 2 is 2.08 bits per heavy atom. The minimum Gasteiger partial charge on any atom is -0.385 e. The molecule has 0 atom stereocenters. The molecule has 0 saturated heterocycles. The van der Waals surface area contributed by atoms with Crippen LogP contribution in [0.1, 0.15) is 13.3 Å². The third-order valence-electron chi connectivity index (χ3n) is 1.47. The van der Waals surface area contributed by atoms with Gasteiger partial charge in [0.1, 0.15) is 0 Å². The van der Waals surface area contributed by atoms with E-state index in [1.165, 1.54) is 0 Å². The lowest BCUT2D eigenvalue weighted by Gasteiger charge is -2.05. The quantitative estimate of drug-likeness (QED) is 0.434. The van der Waals surface area contributed by atoms with E-state index in [0.717, 1.165) is 38.3 Å². The van der Waals surface area contributed by atoms with Gasteiger partial charge in [0.2, 0.25) is 0 Å². The third kappa shape index (κ3) is 11.6. The Kier molecular flexibility index (Phi) is 9.42. The van der Waals surface area contributed by atoms with Crippen molar-refractivity contribution in [3.05, 3.63) is 12.2 Å². The highest BCUT2D eigenvalue weighted by atomic mass is 16.5. The highest BCUT2D eigenvalue weighted by Gasteiger charge is 1.89. The summed E-state index contributed by atoms with van der Waals surface area (Å²) < 4.78 is 10.2. The average Bonchev–Trinajstić information content (AvgIpc) is 2.09. The van der Waals surface area contributed by atoms with Gasteiger partial charge < -0.3 is 14.8 Å². The molecule has 0 aromatic heterocycles. The highest BCUT2D eigenvalue weighted by Crippen LogP contribution is 1.86. The molecule has 0 aromatic rings. The highest BCUT2D eigenvalue weighted by molar-refractivity contribution is 4.87. The fraction of sp³-hybridized carbons (Fsp3) is 0.800. The number of rotatable bonds is 9. The standard InChI is InChI=1S/C10H21NO2/c1-10(2)9-13-8-6-11-5-4-7-12-3/h11H,1,4-9H2,2-3H3. The monoisotopic (exact) mass is 187 g/mol. The van der Waals surface area contributed by atoms with Gasteiger partial charge in [-0.15, -0.1) is 0 Å². The Bertz CT molecular complexity index is 126. The van der Waals surface area contributed by atoms with Crippen LogP contribution >= 0.6 is 0 Å². The van der Waals surface area contributed by atoms with Crippen LogP contribution in [0.2, 0.25) is 0 Å². The van der Waals surface area contributed by atoms with Crippen molar-refractivity contribution in [1.82, 2.24) is 5.32 Å². The van der Waals surface area contributed by atoms with Gasteiger partial charge in [-0.05, 0) is 19.9 Å². The van der Waals surface area contributed by atoms with Gasteiger partial charge in [-0.25, -0.2) is 0 Å². The molecule has 3 heteroatoms. The maximum absolute atomic E-state index is 5.31. The molecule has 0 fully saturated rings. The molecule has 0 aliphatic rings. The van der Waals surface area contributed by atoms with Crippen LogP contribution in [0, 0.1) is 0 Å². The summed E-state index contributed by atoms with van der Waals surface area (Å²) >= 11 is 0. The molecule has 13 heavy (non-hydrogen) atoms. The third-order valence-corrected chi connectivity index (χ3v) is 1.47. The zero-order valence-electron chi connectivity index (χ0n) is 8.77. The Morgan fingerprint density at radius 1 is 1.31 bits per heavy atom. The van der Waals surface area contributed by atoms with Gasteiger partial charge in [0, 0.05) is 20.3 Å². The lowest BCUT2D eigenvalue weighted by atomic mass is 10.4. The van der Waals surface area contributed by atoms with E-state index in [2.05, 4.69) is 11.9 Å². The number of ether oxygens (including phenoxy) is 2. The maximum atomic E-state index is 5.31. The van der Waals surface area contributed by atoms with Gasteiger partial charge >= 0.3 is 0 Å². The normalized spacial score (nSPS) is 10.3. The van der Waals surface area contributed by atoms with Crippen molar-refractivity contribution in [2.24, 2.45) is 0 Å². The van der Waals surface area contributed by atoms with Gasteiger partial charge in [0.25, 0.3) is 0 Å². The van der Waals surface area contributed by atoms with Crippen molar-refractivity contribution in [1.29, 1.82) is 0 Å². The van der Waals surface area contributed by atoms with Gasteiger partial charge in [-0.1, -0.05) is 12.2 Å². The molecule has 0 spiro atoms. The molecule has 0 aliphatic carbocycles. The minimum absolute atomic E-state index is 0.666. The Morgan fingerprint density at radius 3 is 2.69 bits per heavy atom. The van der Waals surface area contributed by atoms with E-state index in [0.29, 0.717) is 6.61 Å². The predicted molar refractivity (Wildman–Crippen MR) is 55.0 cm³/mol.